The molecule has 6 heterocycles. The molecule has 0 atom stereocenters. The molecule has 0 radical (unpaired) electrons. The van der Waals surface area contributed by atoms with Gasteiger partial charge in [-0.25, -0.2) is 0 Å². The Hall–Kier alpha value is -4.77. The van der Waals surface area contributed by atoms with Crippen LogP contribution in [0.5, 0.6) is 17.2 Å². The van der Waals surface area contributed by atoms with E-state index in [2.05, 4.69) is 76.4 Å². The first-order chi connectivity index (χ1) is 33.0. The molecule has 3 saturated heterocycles. The predicted molar refractivity (Wildman–Crippen MR) is 269 cm³/mol. The summed E-state index contributed by atoms with van der Waals surface area (Å²) in [5.74, 6) is 4.68. The Morgan fingerprint density at radius 2 is 0.868 bits per heavy atom. The van der Waals surface area contributed by atoms with Crippen molar-refractivity contribution >= 4 is 32.9 Å². The molecule has 3 aliphatic rings. The monoisotopic (exact) mass is 939 g/mol. The van der Waals surface area contributed by atoms with Gasteiger partial charge in [0.25, 0.3) is 0 Å². The molecule has 0 bridgehead atoms. The van der Waals surface area contributed by atoms with Gasteiger partial charge in [0.15, 0.2) is 16.7 Å². The molecule has 9 rings (SSSR count). The van der Waals surface area contributed by atoms with Crippen molar-refractivity contribution in [1.29, 1.82) is 0 Å². The standard InChI is InChI=1S/C19H29N3O2.C17H25N3O2.C17H24N2O3/c1-21(2)13-16-18(23-4)8-6-15-17(20-24-19(15)16)7-5-14-9-11-22(3)12-10-14;1-20-9-7-12(8-10-20)3-5-15-13-4-6-16(21-2)14(11-18)17(13)22-19-15;1-19-9-7-12(8-10-19)3-5-15-13-4-6-16(21-2)14(11-20)17(13)22-18-15/h6,8,14H,5,7,9-13H2,1-4H3;4,6,12H,3,5,7-11,18H2,1-2H3;4,6,12,20H,3,5,7-11H2,1-2H3. The van der Waals surface area contributed by atoms with Crippen LogP contribution in [0.3, 0.4) is 0 Å². The third-order valence-electron chi connectivity index (χ3n) is 14.7. The number of fused-ring (bicyclic) bond motifs is 3. The van der Waals surface area contributed by atoms with Gasteiger partial charge in [0.2, 0.25) is 0 Å². The summed E-state index contributed by atoms with van der Waals surface area (Å²) in [5, 5.41) is 25.6. The number of ether oxygens (including phenoxy) is 3. The Morgan fingerprint density at radius 1 is 0.544 bits per heavy atom. The van der Waals surface area contributed by atoms with Crippen LogP contribution in [0.15, 0.2) is 50.0 Å². The zero-order valence-corrected chi connectivity index (χ0v) is 42.1. The van der Waals surface area contributed by atoms with Crippen molar-refractivity contribution in [2.24, 2.45) is 23.5 Å². The average Bonchev–Trinajstić information content (AvgIpc) is 4.10. The zero-order chi connectivity index (χ0) is 48.2. The lowest BCUT2D eigenvalue weighted by Gasteiger charge is -2.28. The highest BCUT2D eigenvalue weighted by molar-refractivity contribution is 5.86. The second-order valence-corrected chi connectivity index (χ2v) is 19.7. The summed E-state index contributed by atoms with van der Waals surface area (Å²) in [5.41, 5.74) is 13.9. The van der Waals surface area contributed by atoms with Crippen molar-refractivity contribution in [2.45, 2.75) is 96.7 Å². The number of likely N-dealkylation sites (tertiary alicyclic amines) is 3. The minimum atomic E-state index is -0.107. The number of aryl methyl sites for hydroxylation is 3. The fourth-order valence-corrected chi connectivity index (χ4v) is 10.3. The molecule has 15 heteroatoms. The fourth-order valence-electron chi connectivity index (χ4n) is 10.3. The van der Waals surface area contributed by atoms with Crippen LogP contribution < -0.4 is 19.9 Å². The van der Waals surface area contributed by atoms with Gasteiger partial charge in [-0.3, -0.25) is 0 Å². The van der Waals surface area contributed by atoms with Crippen LogP contribution in [0, 0.1) is 17.8 Å². The maximum Gasteiger partial charge on any atom is 0.176 e. The predicted octanol–water partition coefficient (Wildman–Crippen LogP) is 8.35. The van der Waals surface area contributed by atoms with Crippen molar-refractivity contribution in [3.8, 4) is 17.2 Å². The molecule has 372 valence electrons. The Bertz CT molecular complexity index is 2360. The lowest BCUT2D eigenvalue weighted by atomic mass is 9.91. The molecule has 15 nitrogen and oxygen atoms in total. The number of aliphatic hydroxyl groups is 1. The Balaban J connectivity index is 0.000000151. The van der Waals surface area contributed by atoms with Crippen LogP contribution >= 0.6 is 0 Å². The normalized spacial score (nSPS) is 17.2. The molecule has 3 aromatic carbocycles. The summed E-state index contributed by atoms with van der Waals surface area (Å²) in [7, 11) is 15.6. The van der Waals surface area contributed by atoms with Gasteiger partial charge in [-0.15, -0.1) is 0 Å². The highest BCUT2D eigenvalue weighted by Gasteiger charge is 2.23. The van der Waals surface area contributed by atoms with Gasteiger partial charge in [0, 0.05) is 29.2 Å². The number of nitrogens with zero attached hydrogens (tertiary/aromatic N) is 7. The van der Waals surface area contributed by atoms with Crippen LogP contribution in [0.1, 0.15) is 91.6 Å². The quantitative estimate of drug-likeness (QED) is 0.0951. The van der Waals surface area contributed by atoms with E-state index < -0.39 is 0 Å². The molecule has 3 aliphatic heterocycles. The van der Waals surface area contributed by atoms with E-state index in [1.807, 2.05) is 30.3 Å². The van der Waals surface area contributed by atoms with E-state index in [1.165, 1.54) is 90.6 Å². The van der Waals surface area contributed by atoms with Gasteiger partial charge in [0.05, 0.1) is 61.7 Å². The first kappa shape index (κ1) is 51.1. The minimum Gasteiger partial charge on any atom is -0.496 e. The topological polar surface area (TPSA) is 165 Å². The molecule has 0 saturated carbocycles. The second kappa shape index (κ2) is 24.7. The summed E-state index contributed by atoms with van der Waals surface area (Å²) in [6.07, 6.45) is 14.1. The van der Waals surface area contributed by atoms with E-state index in [4.69, 9.17) is 33.5 Å². The smallest absolute Gasteiger partial charge is 0.176 e. The molecule has 3 N–H and O–H groups in total. The zero-order valence-electron chi connectivity index (χ0n) is 42.1. The average molecular weight is 939 g/mol. The van der Waals surface area contributed by atoms with Gasteiger partial charge in [-0.05, 0) is 206 Å². The van der Waals surface area contributed by atoms with Crippen molar-refractivity contribution in [2.75, 3.05) is 95.8 Å². The molecular weight excluding hydrogens is 861 g/mol. The van der Waals surface area contributed by atoms with E-state index in [0.717, 1.165) is 117 Å². The number of aromatic nitrogens is 3. The molecule has 3 aromatic heterocycles. The van der Waals surface area contributed by atoms with Gasteiger partial charge < -0.3 is 58.2 Å². The van der Waals surface area contributed by atoms with E-state index in [9.17, 15) is 5.11 Å². The van der Waals surface area contributed by atoms with Crippen molar-refractivity contribution in [3.05, 3.63) is 70.2 Å². The maximum absolute atomic E-state index is 9.54. The number of methoxy groups -OCH3 is 3. The Labute approximate surface area is 403 Å². The number of nitrogens with two attached hydrogens (primary N) is 1. The summed E-state index contributed by atoms with van der Waals surface area (Å²) >= 11 is 0. The summed E-state index contributed by atoms with van der Waals surface area (Å²) in [6.45, 7) is 8.30. The highest BCUT2D eigenvalue weighted by atomic mass is 16.5. The SMILES string of the molecule is COc1ccc2c(CCC3CCN(C)CC3)noc2c1CN.COc1ccc2c(CCC3CCN(C)CC3)noc2c1CN(C)C.COc1ccc2c(CCC3CCN(C)CC3)noc2c1CO. The number of aliphatic hydroxyl groups excluding tert-OH is 1. The van der Waals surface area contributed by atoms with E-state index in [-0.39, 0.29) is 6.61 Å². The molecule has 0 spiro atoms. The molecule has 6 aromatic rings. The third kappa shape index (κ3) is 12.7. The molecule has 0 unspecified atom stereocenters. The number of piperidine rings is 3. The van der Waals surface area contributed by atoms with Crippen molar-refractivity contribution in [1.82, 2.24) is 35.1 Å². The molecule has 0 amide bonds. The van der Waals surface area contributed by atoms with Crippen LogP contribution in [-0.2, 0) is 39.0 Å². The number of benzene rings is 3. The summed E-state index contributed by atoms with van der Waals surface area (Å²) in [4.78, 5) is 9.34. The van der Waals surface area contributed by atoms with E-state index in [1.54, 1.807) is 21.3 Å². The third-order valence-corrected chi connectivity index (χ3v) is 14.7. The molecule has 0 aliphatic carbocycles. The summed E-state index contributed by atoms with van der Waals surface area (Å²) < 4.78 is 32.9. The van der Waals surface area contributed by atoms with Gasteiger partial charge in [0.1, 0.15) is 17.2 Å². The second-order valence-electron chi connectivity index (χ2n) is 19.7. The van der Waals surface area contributed by atoms with Crippen LogP contribution in [-0.4, -0.2) is 136 Å². The van der Waals surface area contributed by atoms with Crippen LogP contribution in [0.2, 0.25) is 0 Å². The largest absolute Gasteiger partial charge is 0.496 e. The number of rotatable bonds is 16. The van der Waals surface area contributed by atoms with Crippen LogP contribution in [0.4, 0.5) is 0 Å². The van der Waals surface area contributed by atoms with Gasteiger partial charge in [-0.1, -0.05) is 15.5 Å². The van der Waals surface area contributed by atoms with E-state index in [0.29, 0.717) is 23.4 Å². The lowest BCUT2D eigenvalue weighted by Crippen LogP contribution is -2.30. The van der Waals surface area contributed by atoms with Crippen LogP contribution in [0.25, 0.3) is 32.9 Å². The highest BCUT2D eigenvalue weighted by Crippen LogP contribution is 2.35. The molecule has 68 heavy (non-hydrogen) atoms. The Morgan fingerprint density at radius 3 is 1.19 bits per heavy atom. The van der Waals surface area contributed by atoms with Gasteiger partial charge in [-0.2, -0.15) is 0 Å². The summed E-state index contributed by atoms with van der Waals surface area (Å²) in [6, 6.07) is 12.0. The Kier molecular flexibility index (Phi) is 18.5. The van der Waals surface area contributed by atoms with Gasteiger partial charge >= 0.3 is 0 Å². The maximum atomic E-state index is 9.54. The molecule has 3 fully saturated rings. The first-order valence-electron chi connectivity index (χ1n) is 24.9. The minimum absolute atomic E-state index is 0.107. The van der Waals surface area contributed by atoms with Crippen molar-refractivity contribution in [3.63, 3.8) is 0 Å². The fraction of sp³-hybridized carbons (Fsp3) is 0.604. The van der Waals surface area contributed by atoms with E-state index >= 15 is 0 Å². The molecular formula is C53H78N8O7. The van der Waals surface area contributed by atoms with Crippen molar-refractivity contribution < 1.29 is 32.9 Å². The number of hydrogen-bond donors (Lipinski definition) is 2. The first-order valence-corrected chi connectivity index (χ1v) is 24.9. The number of hydrogen-bond acceptors (Lipinski definition) is 15. The lowest BCUT2D eigenvalue weighted by molar-refractivity contribution is 0.212.